The van der Waals surface area contributed by atoms with Crippen molar-refractivity contribution in [1.29, 1.82) is 0 Å². The van der Waals surface area contributed by atoms with Gasteiger partial charge in [-0.25, -0.2) is 0 Å². The fourth-order valence-electron chi connectivity index (χ4n) is 1.59. The van der Waals surface area contributed by atoms with E-state index >= 15 is 0 Å². The zero-order valence-electron chi connectivity index (χ0n) is 11.1. The minimum absolute atomic E-state index is 0.165. The Balaban J connectivity index is 2.46. The molecule has 0 radical (unpaired) electrons. The molecule has 1 rings (SSSR count). The monoisotopic (exact) mass is 255 g/mol. The summed E-state index contributed by atoms with van der Waals surface area (Å²) in [5.74, 6) is -0.993. The molecule has 102 valence electrons. The maximum Gasteiger partial charge on any atom is 0.249 e. The lowest BCUT2D eigenvalue weighted by Gasteiger charge is -2.28. The second-order valence-corrected chi connectivity index (χ2v) is 5.75. The van der Waals surface area contributed by atoms with Crippen molar-refractivity contribution in [2.75, 3.05) is 0 Å². The number of rotatable bonds is 3. The van der Waals surface area contributed by atoms with Crippen LogP contribution in [-0.2, 0) is 14.4 Å². The van der Waals surface area contributed by atoms with Crippen molar-refractivity contribution < 1.29 is 14.4 Å². The van der Waals surface area contributed by atoms with Crippen LogP contribution in [0.15, 0.2) is 0 Å². The Morgan fingerprint density at radius 2 is 2.11 bits per heavy atom. The molecule has 1 fully saturated rings. The Bertz CT molecular complexity index is 360. The summed E-state index contributed by atoms with van der Waals surface area (Å²) in [7, 11) is 0. The van der Waals surface area contributed by atoms with Crippen molar-refractivity contribution in [3.63, 3.8) is 0 Å². The first-order chi connectivity index (χ1) is 8.20. The van der Waals surface area contributed by atoms with Gasteiger partial charge in [-0.15, -0.1) is 0 Å². The van der Waals surface area contributed by atoms with Crippen LogP contribution >= 0.6 is 0 Å². The average molecular weight is 255 g/mol. The van der Waals surface area contributed by atoms with Gasteiger partial charge < -0.3 is 11.1 Å². The fraction of sp³-hybridized carbons (Fsp3) is 0.750. The van der Waals surface area contributed by atoms with Crippen LogP contribution in [0.4, 0.5) is 0 Å². The normalized spacial score (nSPS) is 22.3. The predicted molar refractivity (Wildman–Crippen MR) is 66.4 cm³/mol. The zero-order chi connectivity index (χ0) is 13.9. The fourth-order valence-corrected chi connectivity index (χ4v) is 1.59. The van der Waals surface area contributed by atoms with Crippen LogP contribution in [0.2, 0.25) is 0 Å². The molecule has 1 aliphatic heterocycles. The number of amides is 3. The summed E-state index contributed by atoms with van der Waals surface area (Å²) >= 11 is 0. The lowest BCUT2D eigenvalue weighted by molar-refractivity contribution is -0.137. The van der Waals surface area contributed by atoms with Crippen LogP contribution in [0.25, 0.3) is 0 Å². The van der Waals surface area contributed by atoms with Gasteiger partial charge in [0, 0.05) is 18.9 Å². The van der Waals surface area contributed by atoms with E-state index in [0.29, 0.717) is 6.42 Å². The Kier molecular flexibility index (Phi) is 4.45. The van der Waals surface area contributed by atoms with Gasteiger partial charge in [-0.1, -0.05) is 20.8 Å². The molecular formula is C12H21N3O3. The molecule has 6 nitrogen and oxygen atoms in total. The van der Waals surface area contributed by atoms with Crippen LogP contribution in [0, 0.1) is 5.41 Å². The maximum absolute atomic E-state index is 11.7. The molecule has 4 N–H and O–H groups in total. The van der Waals surface area contributed by atoms with Gasteiger partial charge in [0.1, 0.15) is 6.04 Å². The molecule has 2 atom stereocenters. The van der Waals surface area contributed by atoms with E-state index < -0.39 is 11.9 Å². The lowest BCUT2D eigenvalue weighted by atomic mass is 9.85. The van der Waals surface area contributed by atoms with Crippen molar-refractivity contribution in [3.8, 4) is 0 Å². The van der Waals surface area contributed by atoms with Crippen molar-refractivity contribution in [3.05, 3.63) is 0 Å². The summed E-state index contributed by atoms with van der Waals surface area (Å²) in [6.07, 6.45) is 0.768. The molecule has 0 spiro atoms. The Hall–Kier alpha value is -1.43. The van der Waals surface area contributed by atoms with Gasteiger partial charge in [0.15, 0.2) is 0 Å². The van der Waals surface area contributed by atoms with E-state index in [1.165, 1.54) is 0 Å². The number of hydrogen-bond donors (Lipinski definition) is 3. The van der Waals surface area contributed by atoms with E-state index in [2.05, 4.69) is 10.6 Å². The molecule has 1 aliphatic rings. The van der Waals surface area contributed by atoms with Gasteiger partial charge >= 0.3 is 0 Å². The van der Waals surface area contributed by atoms with Gasteiger partial charge in [-0.05, 0) is 11.8 Å². The molecular weight excluding hydrogens is 234 g/mol. The predicted octanol–water partition coefficient (Wildman–Crippen LogP) is -0.329. The first-order valence-electron chi connectivity index (χ1n) is 6.09. The van der Waals surface area contributed by atoms with Crippen LogP contribution in [0.5, 0.6) is 0 Å². The highest BCUT2D eigenvalue weighted by molar-refractivity contribution is 6.01. The highest BCUT2D eigenvalue weighted by atomic mass is 16.2. The van der Waals surface area contributed by atoms with Crippen LogP contribution in [0.3, 0.4) is 0 Å². The lowest BCUT2D eigenvalue weighted by Crippen LogP contribution is -2.53. The molecule has 0 aromatic rings. The summed E-state index contributed by atoms with van der Waals surface area (Å²) in [4.78, 5) is 34.1. The third-order valence-corrected chi connectivity index (χ3v) is 3.09. The highest BCUT2D eigenvalue weighted by Gasteiger charge is 2.29. The standard InChI is InChI=1S/C12H21N3O3/c1-12(2,3)8(13)6-10(17)14-7-4-5-9(16)15-11(7)18/h7-8H,4-6,13H2,1-3H3,(H,14,17)(H,15,16,18). The summed E-state index contributed by atoms with van der Waals surface area (Å²) in [5, 5.41) is 4.80. The number of nitrogens with two attached hydrogens (primary N) is 1. The summed E-state index contributed by atoms with van der Waals surface area (Å²) < 4.78 is 0. The molecule has 2 unspecified atom stereocenters. The van der Waals surface area contributed by atoms with E-state index in [0.717, 1.165) is 0 Å². The Morgan fingerprint density at radius 1 is 1.50 bits per heavy atom. The van der Waals surface area contributed by atoms with Crippen LogP contribution < -0.4 is 16.4 Å². The number of carbonyl (C=O) groups excluding carboxylic acids is 3. The van der Waals surface area contributed by atoms with E-state index in [9.17, 15) is 14.4 Å². The maximum atomic E-state index is 11.7. The molecule has 0 bridgehead atoms. The highest BCUT2D eigenvalue weighted by Crippen LogP contribution is 2.19. The minimum Gasteiger partial charge on any atom is -0.344 e. The third kappa shape index (κ3) is 4.10. The topological polar surface area (TPSA) is 101 Å². The quantitative estimate of drug-likeness (QED) is 0.601. The number of imide groups is 1. The molecule has 18 heavy (non-hydrogen) atoms. The van der Waals surface area contributed by atoms with Gasteiger partial charge in [0.2, 0.25) is 17.7 Å². The molecule has 0 aliphatic carbocycles. The third-order valence-electron chi connectivity index (χ3n) is 3.09. The van der Waals surface area contributed by atoms with E-state index in [1.807, 2.05) is 20.8 Å². The summed E-state index contributed by atoms with van der Waals surface area (Å²) in [6.45, 7) is 5.87. The van der Waals surface area contributed by atoms with Crippen LogP contribution in [-0.4, -0.2) is 29.8 Å². The first kappa shape index (κ1) is 14.6. The summed E-state index contributed by atoms with van der Waals surface area (Å²) in [6, 6.07) is -0.895. The molecule has 0 saturated carbocycles. The molecule has 1 heterocycles. The smallest absolute Gasteiger partial charge is 0.249 e. The van der Waals surface area contributed by atoms with E-state index in [4.69, 9.17) is 5.73 Å². The molecule has 3 amide bonds. The van der Waals surface area contributed by atoms with Crippen molar-refractivity contribution in [1.82, 2.24) is 10.6 Å². The number of hydrogen-bond acceptors (Lipinski definition) is 4. The molecule has 1 saturated heterocycles. The number of piperidine rings is 1. The SMILES string of the molecule is CC(C)(C)C(N)CC(=O)NC1CCC(=O)NC1=O. The van der Waals surface area contributed by atoms with Gasteiger partial charge in [-0.3, -0.25) is 19.7 Å². The second kappa shape index (κ2) is 5.48. The largest absolute Gasteiger partial charge is 0.344 e. The Morgan fingerprint density at radius 3 is 2.61 bits per heavy atom. The van der Waals surface area contributed by atoms with E-state index in [-0.39, 0.29) is 36.1 Å². The number of nitrogens with one attached hydrogen (secondary N) is 2. The first-order valence-corrected chi connectivity index (χ1v) is 6.09. The van der Waals surface area contributed by atoms with Gasteiger partial charge in [0.25, 0.3) is 0 Å². The number of carbonyl (C=O) groups is 3. The molecule has 6 heteroatoms. The Labute approximate surface area is 107 Å². The van der Waals surface area contributed by atoms with Gasteiger partial charge in [0.05, 0.1) is 0 Å². The van der Waals surface area contributed by atoms with E-state index in [1.54, 1.807) is 0 Å². The second-order valence-electron chi connectivity index (χ2n) is 5.75. The van der Waals surface area contributed by atoms with Crippen molar-refractivity contribution in [2.45, 2.75) is 52.1 Å². The van der Waals surface area contributed by atoms with Crippen molar-refractivity contribution >= 4 is 17.7 Å². The average Bonchev–Trinajstić information content (AvgIpc) is 2.20. The van der Waals surface area contributed by atoms with Crippen LogP contribution in [0.1, 0.15) is 40.0 Å². The summed E-state index contributed by atoms with van der Waals surface area (Å²) in [5.41, 5.74) is 5.73. The zero-order valence-corrected chi connectivity index (χ0v) is 11.1. The van der Waals surface area contributed by atoms with Crippen molar-refractivity contribution in [2.24, 2.45) is 11.1 Å². The molecule has 0 aromatic heterocycles. The van der Waals surface area contributed by atoms with Gasteiger partial charge in [-0.2, -0.15) is 0 Å². The minimum atomic E-state index is -0.623. The molecule has 0 aromatic carbocycles.